The van der Waals surface area contributed by atoms with Crippen molar-refractivity contribution in [3.8, 4) is 6.07 Å². The fourth-order valence-electron chi connectivity index (χ4n) is 4.05. The van der Waals surface area contributed by atoms with Gasteiger partial charge in [0, 0.05) is 31.0 Å². The van der Waals surface area contributed by atoms with E-state index in [4.69, 9.17) is 0 Å². The van der Waals surface area contributed by atoms with E-state index in [2.05, 4.69) is 40.5 Å². The molecule has 2 atom stereocenters. The Bertz CT molecular complexity index is 934. The van der Waals surface area contributed by atoms with E-state index in [1.807, 2.05) is 19.9 Å². The number of piperidine rings is 1. The number of fused-ring (bicyclic) bond motifs is 1. The Balaban J connectivity index is 2.17. The lowest BCUT2D eigenvalue weighted by Gasteiger charge is -2.46. The number of benzene rings is 1. The Morgan fingerprint density at radius 3 is 2.54 bits per heavy atom. The molecule has 2 aromatic rings. The third-order valence-electron chi connectivity index (χ3n) is 5.33. The van der Waals surface area contributed by atoms with E-state index in [1.54, 1.807) is 18.5 Å². The molecule has 3 rings (SSSR count). The second kappa shape index (κ2) is 7.46. The summed E-state index contributed by atoms with van der Waals surface area (Å²) in [5.41, 5.74) is 1.51. The largest absolute Gasteiger partial charge is 0.383 e. The molecule has 1 fully saturated rings. The molecule has 0 bridgehead atoms. The van der Waals surface area contributed by atoms with E-state index in [-0.39, 0.29) is 11.3 Å². The Morgan fingerprint density at radius 2 is 1.93 bits per heavy atom. The second-order valence-electron chi connectivity index (χ2n) is 8.73. The van der Waals surface area contributed by atoms with E-state index in [1.165, 1.54) is 0 Å². The zero-order valence-corrected chi connectivity index (χ0v) is 16.8. The number of aromatic nitrogens is 2. The van der Waals surface area contributed by atoms with Gasteiger partial charge in [0.25, 0.3) is 0 Å². The summed E-state index contributed by atoms with van der Waals surface area (Å²) < 4.78 is 0. The number of nitrogens with one attached hydrogen (secondary N) is 2. The molecule has 1 aliphatic heterocycles. The number of amides is 1. The highest BCUT2D eigenvalue weighted by Crippen LogP contribution is 2.40. The van der Waals surface area contributed by atoms with E-state index in [0.717, 1.165) is 12.1 Å². The van der Waals surface area contributed by atoms with Crippen molar-refractivity contribution in [2.75, 3.05) is 13.1 Å². The predicted molar refractivity (Wildman–Crippen MR) is 106 cm³/mol. The molecule has 0 unspecified atom stereocenters. The van der Waals surface area contributed by atoms with Crippen LogP contribution in [0.5, 0.6) is 0 Å². The lowest BCUT2D eigenvalue weighted by Crippen LogP contribution is -2.61. The third-order valence-corrected chi connectivity index (χ3v) is 5.33. The van der Waals surface area contributed by atoms with Crippen molar-refractivity contribution in [3.63, 3.8) is 0 Å². The Labute approximate surface area is 165 Å². The van der Waals surface area contributed by atoms with Crippen molar-refractivity contribution in [2.24, 2.45) is 11.3 Å². The summed E-state index contributed by atoms with van der Waals surface area (Å²) in [5, 5.41) is 26.3. The van der Waals surface area contributed by atoms with Crippen LogP contribution in [0.25, 0.3) is 11.0 Å². The molecule has 7 nitrogen and oxygen atoms in total. The number of hydrogen-bond donors (Lipinski definition) is 3. The maximum atomic E-state index is 12.8. The zero-order chi connectivity index (χ0) is 20.5. The molecule has 1 amide bonds. The Kier molecular flexibility index (Phi) is 5.37. The van der Waals surface area contributed by atoms with Gasteiger partial charge in [0.1, 0.15) is 17.7 Å². The molecule has 1 aliphatic rings. The van der Waals surface area contributed by atoms with E-state index < -0.39 is 17.6 Å². The van der Waals surface area contributed by atoms with E-state index >= 15 is 0 Å². The molecule has 3 N–H and O–H groups in total. The molecule has 28 heavy (non-hydrogen) atoms. The molecule has 2 heterocycles. The summed E-state index contributed by atoms with van der Waals surface area (Å²) in [7, 11) is 0. The molecule has 1 aromatic carbocycles. The van der Waals surface area contributed by atoms with Crippen LogP contribution in [-0.4, -0.2) is 40.2 Å². The smallest absolute Gasteiger partial charge is 0.249 e. The standard InChI is InChI=1S/C21H27N5O2/c1-13(2)18(27)19(28)26-21(10-20(3,4)11-23-12-21)15-6-5-14(9-22)16-17(15)25-8-7-24-16/h5-8,13,18,23,27H,10-12H2,1-4H3,(H,26,28)/t18-,21+/m1/s1. The van der Waals surface area contributed by atoms with Gasteiger partial charge in [-0.3, -0.25) is 14.8 Å². The van der Waals surface area contributed by atoms with Crippen LogP contribution in [0.2, 0.25) is 0 Å². The summed E-state index contributed by atoms with van der Waals surface area (Å²) in [6, 6.07) is 5.73. The normalized spacial score (nSPS) is 22.6. The van der Waals surface area contributed by atoms with Crippen molar-refractivity contribution in [1.29, 1.82) is 5.26 Å². The Hall–Kier alpha value is -2.56. The number of carbonyl (C=O) groups excluding carboxylic acids is 1. The molecule has 7 heteroatoms. The lowest BCUT2D eigenvalue weighted by atomic mass is 9.71. The quantitative estimate of drug-likeness (QED) is 0.745. The van der Waals surface area contributed by atoms with Crippen molar-refractivity contribution in [3.05, 3.63) is 35.7 Å². The first kappa shape index (κ1) is 20.2. The van der Waals surface area contributed by atoms with Crippen molar-refractivity contribution in [2.45, 2.75) is 45.8 Å². The summed E-state index contributed by atoms with van der Waals surface area (Å²) in [6.07, 6.45) is 2.72. The first-order chi connectivity index (χ1) is 13.2. The number of rotatable bonds is 4. The summed E-state index contributed by atoms with van der Waals surface area (Å²) in [4.78, 5) is 21.7. The lowest BCUT2D eigenvalue weighted by molar-refractivity contribution is -0.134. The van der Waals surface area contributed by atoms with Gasteiger partial charge in [-0.25, -0.2) is 0 Å². The van der Waals surface area contributed by atoms with Crippen LogP contribution in [0.3, 0.4) is 0 Å². The minimum absolute atomic E-state index is 0.0866. The minimum atomic E-state index is -1.10. The second-order valence-corrected chi connectivity index (χ2v) is 8.73. The molecular weight excluding hydrogens is 354 g/mol. The molecule has 0 aliphatic carbocycles. The number of nitrogens with zero attached hydrogens (tertiary/aromatic N) is 3. The van der Waals surface area contributed by atoms with Gasteiger partial charge < -0.3 is 15.7 Å². The number of aliphatic hydroxyl groups excluding tert-OH is 1. The van der Waals surface area contributed by atoms with Crippen molar-refractivity contribution in [1.82, 2.24) is 20.6 Å². The predicted octanol–water partition coefficient (Wildman–Crippen LogP) is 1.85. The van der Waals surface area contributed by atoms with Gasteiger partial charge in [-0.1, -0.05) is 33.8 Å². The summed E-state index contributed by atoms with van der Waals surface area (Å²) in [6.45, 7) is 9.21. The van der Waals surface area contributed by atoms with E-state index in [0.29, 0.717) is 29.6 Å². The molecular formula is C21H27N5O2. The topological polar surface area (TPSA) is 111 Å². The van der Waals surface area contributed by atoms with Crippen LogP contribution >= 0.6 is 0 Å². The highest BCUT2D eigenvalue weighted by molar-refractivity contribution is 5.87. The zero-order valence-electron chi connectivity index (χ0n) is 16.8. The highest BCUT2D eigenvalue weighted by atomic mass is 16.3. The van der Waals surface area contributed by atoms with Crippen LogP contribution in [-0.2, 0) is 10.3 Å². The maximum Gasteiger partial charge on any atom is 0.249 e. The molecule has 0 radical (unpaired) electrons. The molecule has 1 saturated heterocycles. The van der Waals surface area contributed by atoms with Gasteiger partial charge in [0.15, 0.2) is 0 Å². The van der Waals surface area contributed by atoms with Crippen LogP contribution in [0.4, 0.5) is 0 Å². The fourth-order valence-corrected chi connectivity index (χ4v) is 4.05. The molecule has 148 valence electrons. The van der Waals surface area contributed by atoms with Gasteiger partial charge in [-0.15, -0.1) is 0 Å². The number of aliphatic hydroxyl groups is 1. The summed E-state index contributed by atoms with van der Waals surface area (Å²) >= 11 is 0. The molecule has 0 spiro atoms. The van der Waals surface area contributed by atoms with Gasteiger partial charge in [0.05, 0.1) is 16.6 Å². The first-order valence-electron chi connectivity index (χ1n) is 9.54. The van der Waals surface area contributed by atoms with Crippen LogP contribution in [0, 0.1) is 22.7 Å². The molecule has 0 saturated carbocycles. The first-order valence-corrected chi connectivity index (χ1v) is 9.54. The number of carbonyl (C=O) groups is 1. The van der Waals surface area contributed by atoms with Crippen LogP contribution in [0.15, 0.2) is 24.5 Å². The van der Waals surface area contributed by atoms with Gasteiger partial charge in [-0.05, 0) is 23.8 Å². The highest BCUT2D eigenvalue weighted by Gasteiger charge is 2.44. The SMILES string of the molecule is CC(C)[C@@H](O)C(=O)N[C@]1(c2ccc(C#N)c3nccnc23)CNCC(C)(C)C1. The minimum Gasteiger partial charge on any atom is -0.383 e. The fraction of sp³-hybridized carbons (Fsp3) is 0.524. The molecule has 1 aromatic heterocycles. The van der Waals surface area contributed by atoms with Crippen LogP contribution < -0.4 is 10.6 Å². The van der Waals surface area contributed by atoms with E-state index in [9.17, 15) is 15.2 Å². The Morgan fingerprint density at radius 1 is 1.25 bits per heavy atom. The number of hydrogen-bond acceptors (Lipinski definition) is 6. The van der Waals surface area contributed by atoms with Crippen molar-refractivity contribution >= 4 is 16.9 Å². The third kappa shape index (κ3) is 3.71. The average Bonchev–Trinajstić information content (AvgIpc) is 2.65. The maximum absolute atomic E-state index is 12.8. The average molecular weight is 381 g/mol. The summed E-state index contributed by atoms with van der Waals surface area (Å²) in [5.74, 6) is -0.602. The van der Waals surface area contributed by atoms with Gasteiger partial charge in [-0.2, -0.15) is 5.26 Å². The van der Waals surface area contributed by atoms with Gasteiger partial charge >= 0.3 is 0 Å². The number of nitriles is 1. The van der Waals surface area contributed by atoms with Crippen molar-refractivity contribution < 1.29 is 9.90 Å². The van der Waals surface area contributed by atoms with Gasteiger partial charge in [0.2, 0.25) is 5.91 Å². The monoisotopic (exact) mass is 381 g/mol. The van der Waals surface area contributed by atoms with Crippen LogP contribution in [0.1, 0.15) is 45.2 Å².